The van der Waals surface area contributed by atoms with E-state index in [0.29, 0.717) is 17.2 Å². The van der Waals surface area contributed by atoms with E-state index in [1.54, 1.807) is 30.5 Å². The fraction of sp³-hybridized carbons (Fsp3) is 0.406. The number of fused-ring (bicyclic) bond motifs is 3. The highest BCUT2D eigenvalue weighted by Gasteiger charge is 2.31. The Balaban J connectivity index is 1.38. The number of amides is 2. The molecule has 6 rings (SSSR count). The molecule has 4 N–H and O–H groups in total. The van der Waals surface area contributed by atoms with Crippen molar-refractivity contribution in [3.63, 3.8) is 0 Å². The molecule has 212 valence electrons. The number of hydrogen-bond acceptors (Lipinski definition) is 6. The van der Waals surface area contributed by atoms with Gasteiger partial charge >= 0.3 is 0 Å². The molecule has 0 saturated heterocycles. The number of nitrogen functional groups attached to an aromatic ring is 1. The average Bonchev–Trinajstić information content (AvgIpc) is 3.41. The lowest BCUT2D eigenvalue weighted by molar-refractivity contribution is -0.126. The Bertz CT molecular complexity index is 1530. The predicted molar refractivity (Wildman–Crippen MR) is 160 cm³/mol. The van der Waals surface area contributed by atoms with Crippen LogP contribution in [0.15, 0.2) is 54.9 Å². The summed E-state index contributed by atoms with van der Waals surface area (Å²) in [5.41, 5.74) is 10.9. The molecule has 9 heteroatoms. The van der Waals surface area contributed by atoms with E-state index in [9.17, 15) is 9.59 Å². The van der Waals surface area contributed by atoms with Gasteiger partial charge in [-0.05, 0) is 68.4 Å². The van der Waals surface area contributed by atoms with Crippen molar-refractivity contribution in [2.45, 2.75) is 70.3 Å². The van der Waals surface area contributed by atoms with Crippen LogP contribution in [-0.2, 0) is 11.2 Å². The van der Waals surface area contributed by atoms with E-state index in [1.807, 2.05) is 24.4 Å². The number of rotatable bonds is 3. The lowest BCUT2D eigenvalue weighted by Gasteiger charge is -2.29. The molecular weight excluding hydrogens is 514 g/mol. The van der Waals surface area contributed by atoms with Crippen LogP contribution in [0, 0.1) is 5.92 Å². The summed E-state index contributed by atoms with van der Waals surface area (Å²) in [7, 11) is 0. The molecule has 41 heavy (non-hydrogen) atoms. The van der Waals surface area contributed by atoms with Gasteiger partial charge in [-0.1, -0.05) is 43.9 Å². The maximum Gasteiger partial charge on any atom is 0.256 e. The summed E-state index contributed by atoms with van der Waals surface area (Å²) in [6, 6.07) is 12.9. The van der Waals surface area contributed by atoms with E-state index in [-0.39, 0.29) is 23.8 Å². The number of nitrogens with one attached hydrogen (secondary N) is 2. The maximum atomic E-state index is 13.0. The molecule has 0 spiro atoms. The maximum absolute atomic E-state index is 13.0. The highest BCUT2D eigenvalue weighted by atomic mass is 16.2. The van der Waals surface area contributed by atoms with Crippen molar-refractivity contribution < 1.29 is 9.59 Å². The van der Waals surface area contributed by atoms with E-state index < -0.39 is 0 Å². The third-order valence-electron chi connectivity index (χ3n) is 8.44. The quantitative estimate of drug-likeness (QED) is 0.300. The van der Waals surface area contributed by atoms with Crippen molar-refractivity contribution in [2.24, 2.45) is 5.92 Å². The lowest BCUT2D eigenvalue weighted by atomic mass is 9.85. The number of pyridine rings is 2. The second-order valence-corrected chi connectivity index (χ2v) is 11.3. The number of hydrogen-bond donors (Lipinski definition) is 3. The zero-order valence-electron chi connectivity index (χ0n) is 23.3. The van der Waals surface area contributed by atoms with E-state index >= 15 is 0 Å². The molecule has 4 aromatic rings. The molecule has 9 nitrogen and oxygen atoms in total. The van der Waals surface area contributed by atoms with Gasteiger partial charge in [0.15, 0.2) is 0 Å². The van der Waals surface area contributed by atoms with Crippen molar-refractivity contribution in [1.82, 2.24) is 25.1 Å². The topological polar surface area (TPSA) is 128 Å². The average molecular weight is 552 g/mol. The molecule has 1 aliphatic carbocycles. The van der Waals surface area contributed by atoms with E-state index in [0.717, 1.165) is 98.5 Å². The molecular formula is C32H37N7O2. The Morgan fingerprint density at radius 3 is 2.63 bits per heavy atom. The van der Waals surface area contributed by atoms with Crippen LogP contribution in [0.1, 0.15) is 79.8 Å². The van der Waals surface area contributed by atoms with Crippen LogP contribution in [0.5, 0.6) is 0 Å². The number of benzene rings is 1. The van der Waals surface area contributed by atoms with Crippen LogP contribution in [-0.4, -0.2) is 38.1 Å². The molecule has 2 bridgehead atoms. The minimum absolute atomic E-state index is 0.0129. The van der Waals surface area contributed by atoms with Crippen LogP contribution in [0.2, 0.25) is 0 Å². The first-order valence-corrected chi connectivity index (χ1v) is 14.8. The SMILES string of the molecule is Nc1ncc2c3c1c(-c1ccc(C(=O)Nc4ccccn4)cc1)nn3[C@@H]1CCC[C@H](C1)C(=O)NCCCCCCC2. The lowest BCUT2D eigenvalue weighted by Crippen LogP contribution is -2.35. The molecule has 3 aromatic heterocycles. The van der Waals surface area contributed by atoms with Gasteiger partial charge in [0.2, 0.25) is 5.91 Å². The Morgan fingerprint density at radius 2 is 1.80 bits per heavy atom. The zero-order chi connectivity index (χ0) is 28.2. The fourth-order valence-electron chi connectivity index (χ4n) is 6.26. The number of anilines is 2. The van der Waals surface area contributed by atoms with Crippen molar-refractivity contribution in [3.8, 4) is 11.3 Å². The van der Waals surface area contributed by atoms with Gasteiger partial charge in [0.05, 0.1) is 16.9 Å². The smallest absolute Gasteiger partial charge is 0.256 e. The van der Waals surface area contributed by atoms with Gasteiger partial charge in [-0.3, -0.25) is 14.3 Å². The van der Waals surface area contributed by atoms with Crippen molar-refractivity contribution in [1.29, 1.82) is 0 Å². The minimum Gasteiger partial charge on any atom is -0.383 e. The van der Waals surface area contributed by atoms with Gasteiger partial charge in [0.25, 0.3) is 5.91 Å². The van der Waals surface area contributed by atoms with Crippen molar-refractivity contribution in [2.75, 3.05) is 17.6 Å². The summed E-state index contributed by atoms with van der Waals surface area (Å²) in [4.78, 5) is 34.6. The van der Waals surface area contributed by atoms with Gasteiger partial charge in [-0.15, -0.1) is 0 Å². The standard InChI is InChI=1S/C32H37N7O2/c33-30-27-28(21-13-15-22(16-14-21)32(41)37-26-12-5-7-17-34-26)38-39-25-11-8-10-23(19-25)31(40)35-18-6-3-1-2-4-9-24(20-36-30)29(27)39/h5,7,12-17,20,23,25H,1-4,6,8-11,18-19H2,(H2,33,36)(H,35,40)(H,34,37,41)/t23-,25-/m1/s1. The molecule has 2 amide bonds. The summed E-state index contributed by atoms with van der Waals surface area (Å²) in [5.74, 6) is 0.880. The molecule has 1 fully saturated rings. The molecule has 1 saturated carbocycles. The van der Waals surface area contributed by atoms with Gasteiger partial charge in [-0.25, -0.2) is 9.97 Å². The largest absolute Gasteiger partial charge is 0.383 e. The summed E-state index contributed by atoms with van der Waals surface area (Å²) >= 11 is 0. The van der Waals surface area contributed by atoms with E-state index in [4.69, 9.17) is 10.8 Å². The third kappa shape index (κ3) is 5.80. The van der Waals surface area contributed by atoms with Crippen molar-refractivity contribution in [3.05, 3.63) is 66.0 Å². The van der Waals surface area contributed by atoms with Crippen LogP contribution < -0.4 is 16.4 Å². The first-order chi connectivity index (χ1) is 20.1. The van der Waals surface area contributed by atoms with E-state index in [2.05, 4.69) is 25.3 Å². The predicted octanol–water partition coefficient (Wildman–Crippen LogP) is 5.68. The number of aromatic nitrogens is 4. The van der Waals surface area contributed by atoms with Gasteiger partial charge in [-0.2, -0.15) is 5.10 Å². The first-order valence-electron chi connectivity index (χ1n) is 14.8. The highest BCUT2D eigenvalue weighted by molar-refractivity contribution is 6.05. The van der Waals surface area contributed by atoms with Gasteiger partial charge in [0.1, 0.15) is 17.3 Å². The Hall–Kier alpha value is -4.27. The second-order valence-electron chi connectivity index (χ2n) is 11.3. The molecule has 0 unspecified atom stereocenters. The number of carbonyl (C=O) groups excluding carboxylic acids is 2. The molecule has 1 aliphatic heterocycles. The second kappa shape index (κ2) is 12.1. The van der Waals surface area contributed by atoms with Gasteiger partial charge < -0.3 is 16.4 Å². The number of nitrogens with zero attached hydrogens (tertiary/aromatic N) is 4. The minimum atomic E-state index is -0.228. The summed E-state index contributed by atoms with van der Waals surface area (Å²) in [5, 5.41) is 12.0. The van der Waals surface area contributed by atoms with Gasteiger partial charge in [0, 0.05) is 36.0 Å². The molecule has 4 heterocycles. The molecule has 1 aromatic carbocycles. The molecule has 2 aliphatic rings. The normalized spacial score (nSPS) is 20.0. The fourth-order valence-corrected chi connectivity index (χ4v) is 6.26. The highest BCUT2D eigenvalue weighted by Crippen LogP contribution is 2.40. The summed E-state index contributed by atoms with van der Waals surface area (Å²) in [6.45, 7) is 0.757. The molecule has 2 atom stereocenters. The number of aryl methyl sites for hydroxylation is 1. The van der Waals surface area contributed by atoms with E-state index in [1.165, 1.54) is 0 Å². The number of nitrogens with two attached hydrogens (primary N) is 1. The zero-order valence-corrected chi connectivity index (χ0v) is 23.3. The van der Waals surface area contributed by atoms with Crippen LogP contribution in [0.3, 0.4) is 0 Å². The Kier molecular flexibility index (Phi) is 7.93. The monoisotopic (exact) mass is 551 g/mol. The molecule has 0 radical (unpaired) electrons. The van der Waals surface area contributed by atoms with Crippen LogP contribution in [0.25, 0.3) is 22.2 Å². The summed E-state index contributed by atoms with van der Waals surface area (Å²) < 4.78 is 2.14. The number of carbonyl (C=O) groups is 2. The van der Waals surface area contributed by atoms with Crippen molar-refractivity contribution >= 4 is 34.4 Å². The summed E-state index contributed by atoms with van der Waals surface area (Å²) in [6.07, 6.45) is 13.6. The Labute approximate surface area is 239 Å². The first kappa shape index (κ1) is 26.9. The van der Waals surface area contributed by atoms with Crippen LogP contribution in [0.4, 0.5) is 11.6 Å². The third-order valence-corrected chi connectivity index (χ3v) is 8.44. The van der Waals surface area contributed by atoms with Crippen LogP contribution >= 0.6 is 0 Å². The Morgan fingerprint density at radius 1 is 0.976 bits per heavy atom.